The number of para-hydroxylation sites is 1. The third-order valence-corrected chi connectivity index (χ3v) is 9.04. The average molecular weight is 429 g/mol. The van der Waals surface area contributed by atoms with Gasteiger partial charge in [-0.1, -0.05) is 18.2 Å². The van der Waals surface area contributed by atoms with Crippen molar-refractivity contribution >= 4 is 15.7 Å². The van der Waals surface area contributed by atoms with E-state index in [1.807, 2.05) is 31.2 Å². The minimum absolute atomic E-state index is 0.114. The number of nitrogens with zero attached hydrogens (tertiary/aromatic N) is 3. The van der Waals surface area contributed by atoms with Crippen LogP contribution in [0.1, 0.15) is 17.7 Å². The van der Waals surface area contributed by atoms with E-state index in [0.29, 0.717) is 12.8 Å². The van der Waals surface area contributed by atoms with Crippen LogP contribution in [0, 0.1) is 12.8 Å². The number of aromatic nitrogens is 2. The van der Waals surface area contributed by atoms with E-state index in [1.165, 1.54) is 0 Å². The Labute approximate surface area is 175 Å². The highest BCUT2D eigenvalue weighted by atomic mass is 32.2. The van der Waals surface area contributed by atoms with Gasteiger partial charge in [0.2, 0.25) is 0 Å². The molecule has 3 aliphatic rings. The predicted molar refractivity (Wildman–Crippen MR) is 108 cm³/mol. The minimum Gasteiger partial charge on any atom is -0.480 e. The number of hydrogen-bond donors (Lipinski definition) is 0. The number of likely N-dealkylation sites (tertiary alicyclic amines) is 1. The summed E-state index contributed by atoms with van der Waals surface area (Å²) in [6.45, 7) is 2.44. The number of carbonyl (C=O) groups is 1. The van der Waals surface area contributed by atoms with E-state index in [0.717, 1.165) is 17.0 Å². The molecule has 0 radical (unpaired) electrons. The van der Waals surface area contributed by atoms with Gasteiger partial charge >= 0.3 is 6.01 Å². The van der Waals surface area contributed by atoms with Crippen molar-refractivity contribution in [3.63, 3.8) is 0 Å². The third-order valence-electron chi connectivity index (χ3n) is 6.44. The molecule has 0 unspecified atom stereocenters. The van der Waals surface area contributed by atoms with Crippen molar-refractivity contribution in [3.8, 4) is 11.8 Å². The summed E-state index contributed by atoms with van der Waals surface area (Å²) in [5.41, 5.74) is 1.79. The Hall–Kier alpha value is -2.68. The van der Waals surface area contributed by atoms with Crippen molar-refractivity contribution < 1.29 is 22.7 Å². The number of hydrogen-bond acceptors (Lipinski definition) is 7. The molecule has 0 saturated carbocycles. The van der Waals surface area contributed by atoms with Crippen molar-refractivity contribution in [1.29, 1.82) is 0 Å². The van der Waals surface area contributed by atoms with E-state index in [-0.39, 0.29) is 43.3 Å². The first-order chi connectivity index (χ1) is 14.4. The van der Waals surface area contributed by atoms with Crippen LogP contribution in [-0.4, -0.2) is 65.5 Å². The van der Waals surface area contributed by atoms with Gasteiger partial charge in [0.1, 0.15) is 10.5 Å². The van der Waals surface area contributed by atoms with Crippen LogP contribution in [-0.2, 0) is 21.1 Å². The summed E-state index contributed by atoms with van der Waals surface area (Å²) in [6, 6.07) is 9.61. The SMILES string of the molecule is Cc1ccnc(OC[C@H]2CCS(=O)(=O)C23CN(C(=O)[C@@H]2Cc4ccccc4O2)C3)n1. The topological polar surface area (TPSA) is 98.7 Å². The monoisotopic (exact) mass is 429 g/mol. The van der Waals surface area contributed by atoms with Crippen LogP contribution in [0.4, 0.5) is 0 Å². The van der Waals surface area contributed by atoms with Crippen molar-refractivity contribution in [2.75, 3.05) is 25.4 Å². The molecule has 5 rings (SSSR count). The Kier molecular flexibility index (Phi) is 4.46. The number of ether oxygens (including phenoxy) is 2. The van der Waals surface area contributed by atoms with Gasteiger partial charge < -0.3 is 14.4 Å². The number of aryl methyl sites for hydroxylation is 1. The minimum atomic E-state index is -3.31. The maximum atomic E-state index is 12.9. The second kappa shape index (κ2) is 6.94. The van der Waals surface area contributed by atoms with Gasteiger partial charge in [-0.3, -0.25) is 4.79 Å². The molecular formula is C21H23N3O5S. The van der Waals surface area contributed by atoms with Crippen LogP contribution in [0.2, 0.25) is 0 Å². The van der Waals surface area contributed by atoms with Crippen LogP contribution in [0.5, 0.6) is 11.8 Å². The maximum absolute atomic E-state index is 12.9. The fourth-order valence-corrected chi connectivity index (χ4v) is 7.06. The molecule has 0 bridgehead atoms. The van der Waals surface area contributed by atoms with Gasteiger partial charge in [0.25, 0.3) is 5.91 Å². The Morgan fingerprint density at radius 1 is 1.30 bits per heavy atom. The molecule has 1 spiro atoms. The number of rotatable bonds is 4. The van der Waals surface area contributed by atoms with Gasteiger partial charge in [-0.2, -0.15) is 0 Å². The molecule has 2 fully saturated rings. The molecule has 30 heavy (non-hydrogen) atoms. The van der Waals surface area contributed by atoms with Crippen molar-refractivity contribution in [2.24, 2.45) is 5.92 Å². The highest BCUT2D eigenvalue weighted by Gasteiger charge is 2.63. The molecule has 1 aromatic carbocycles. The molecule has 1 aromatic heterocycles. The van der Waals surface area contributed by atoms with Crippen LogP contribution >= 0.6 is 0 Å². The van der Waals surface area contributed by atoms with Crippen LogP contribution in [0.3, 0.4) is 0 Å². The molecule has 9 heteroatoms. The highest BCUT2D eigenvalue weighted by Crippen LogP contribution is 2.45. The average Bonchev–Trinajstić information content (AvgIpc) is 3.23. The number of sulfone groups is 1. The summed E-state index contributed by atoms with van der Waals surface area (Å²) in [5.74, 6) is 0.491. The Morgan fingerprint density at radius 2 is 2.10 bits per heavy atom. The lowest BCUT2D eigenvalue weighted by Crippen LogP contribution is -2.70. The van der Waals surface area contributed by atoms with Crippen LogP contribution in [0.25, 0.3) is 0 Å². The first-order valence-corrected chi connectivity index (χ1v) is 11.7. The molecule has 8 nitrogen and oxygen atoms in total. The quantitative estimate of drug-likeness (QED) is 0.720. The summed E-state index contributed by atoms with van der Waals surface area (Å²) in [6.07, 6.45) is 2.06. The van der Waals surface area contributed by atoms with E-state index in [1.54, 1.807) is 17.2 Å². The lowest BCUT2D eigenvalue weighted by Gasteiger charge is -2.50. The van der Waals surface area contributed by atoms with Crippen molar-refractivity contribution in [2.45, 2.75) is 30.6 Å². The zero-order valence-electron chi connectivity index (χ0n) is 16.7. The van der Waals surface area contributed by atoms with E-state index in [2.05, 4.69) is 9.97 Å². The molecular weight excluding hydrogens is 406 g/mol. The van der Waals surface area contributed by atoms with Crippen molar-refractivity contribution in [3.05, 3.63) is 47.8 Å². The van der Waals surface area contributed by atoms with E-state index >= 15 is 0 Å². The predicted octanol–water partition coefficient (Wildman–Crippen LogP) is 1.18. The highest BCUT2D eigenvalue weighted by molar-refractivity contribution is 7.93. The fraction of sp³-hybridized carbons (Fsp3) is 0.476. The first kappa shape index (κ1) is 19.3. The van der Waals surface area contributed by atoms with Crippen LogP contribution < -0.4 is 9.47 Å². The molecule has 2 saturated heterocycles. The molecule has 158 valence electrons. The Morgan fingerprint density at radius 3 is 2.87 bits per heavy atom. The number of amides is 1. The maximum Gasteiger partial charge on any atom is 0.316 e. The fourth-order valence-electron chi connectivity index (χ4n) is 4.66. The van der Waals surface area contributed by atoms with Gasteiger partial charge in [-0.05, 0) is 31.0 Å². The van der Waals surface area contributed by atoms with Gasteiger partial charge in [-0.15, -0.1) is 0 Å². The summed E-state index contributed by atoms with van der Waals surface area (Å²) in [4.78, 5) is 22.8. The Bertz CT molecular complexity index is 1070. The van der Waals surface area contributed by atoms with Gasteiger partial charge in [0.15, 0.2) is 15.9 Å². The molecule has 3 aliphatic heterocycles. The van der Waals surface area contributed by atoms with Crippen molar-refractivity contribution in [1.82, 2.24) is 14.9 Å². The second-order valence-corrected chi connectivity index (χ2v) is 10.7. The lowest BCUT2D eigenvalue weighted by molar-refractivity contribution is -0.144. The summed E-state index contributed by atoms with van der Waals surface area (Å²) < 4.78 is 36.3. The zero-order valence-corrected chi connectivity index (χ0v) is 17.5. The summed E-state index contributed by atoms with van der Waals surface area (Å²) in [7, 11) is -3.31. The van der Waals surface area contributed by atoms with Gasteiger partial charge in [-0.25, -0.2) is 18.4 Å². The summed E-state index contributed by atoms with van der Waals surface area (Å²) in [5, 5.41) is 0. The van der Waals surface area contributed by atoms with E-state index in [4.69, 9.17) is 9.47 Å². The second-order valence-electron chi connectivity index (χ2n) is 8.27. The van der Waals surface area contributed by atoms with E-state index < -0.39 is 20.7 Å². The van der Waals surface area contributed by atoms with E-state index in [9.17, 15) is 13.2 Å². The number of fused-ring (bicyclic) bond motifs is 1. The van der Waals surface area contributed by atoms with Gasteiger partial charge in [0.05, 0.1) is 12.4 Å². The van der Waals surface area contributed by atoms with Crippen LogP contribution in [0.15, 0.2) is 36.5 Å². The number of carbonyl (C=O) groups excluding carboxylic acids is 1. The summed E-state index contributed by atoms with van der Waals surface area (Å²) >= 11 is 0. The molecule has 0 N–H and O–H groups in total. The molecule has 2 aromatic rings. The zero-order chi connectivity index (χ0) is 20.9. The molecule has 2 atom stereocenters. The molecule has 4 heterocycles. The first-order valence-electron chi connectivity index (χ1n) is 10.1. The smallest absolute Gasteiger partial charge is 0.316 e. The largest absolute Gasteiger partial charge is 0.480 e. The Balaban J connectivity index is 1.26. The molecule has 1 amide bonds. The lowest BCUT2D eigenvalue weighted by atomic mass is 9.83. The normalized spacial score (nSPS) is 25.4. The van der Waals surface area contributed by atoms with Gasteiger partial charge in [0, 0.05) is 37.3 Å². The standard InChI is InChI=1S/C21H23N3O5S/c1-14-6-8-22-20(23-14)28-11-16-7-9-30(26,27)21(16)12-24(13-21)19(25)18-10-15-4-2-3-5-17(15)29-18/h2-6,8,16,18H,7,9-13H2,1H3/t16-,18+/m1/s1. The number of benzene rings is 1. The molecule has 0 aliphatic carbocycles. The third kappa shape index (κ3) is 3.03.